The quantitative estimate of drug-likeness (QED) is 0.858. The van der Waals surface area contributed by atoms with Gasteiger partial charge in [-0.05, 0) is 38.0 Å². The summed E-state index contributed by atoms with van der Waals surface area (Å²) in [6.07, 6.45) is 1.01. The molecule has 0 saturated carbocycles. The van der Waals surface area contributed by atoms with E-state index in [1.54, 1.807) is 32.9 Å². The molecule has 0 bridgehead atoms. The van der Waals surface area contributed by atoms with E-state index in [0.717, 1.165) is 16.0 Å². The SMILES string of the molecule is C=Cc1ccc2c(c1)C(=O)N(C(=O)OC(C)(C)C)C2COC. The number of fused-ring (bicyclic) bond motifs is 1. The molecule has 1 unspecified atom stereocenters. The van der Waals surface area contributed by atoms with Gasteiger partial charge in [-0.3, -0.25) is 4.79 Å². The highest BCUT2D eigenvalue weighted by Crippen LogP contribution is 2.35. The molecule has 0 spiro atoms. The van der Waals surface area contributed by atoms with E-state index in [0.29, 0.717) is 5.56 Å². The second kappa shape index (κ2) is 5.93. The van der Waals surface area contributed by atoms with Crippen molar-refractivity contribution in [2.45, 2.75) is 32.4 Å². The van der Waals surface area contributed by atoms with E-state index in [1.807, 2.05) is 12.1 Å². The minimum atomic E-state index is -0.671. The molecule has 1 aromatic rings. The van der Waals surface area contributed by atoms with E-state index in [-0.39, 0.29) is 12.5 Å². The van der Waals surface area contributed by atoms with E-state index in [9.17, 15) is 9.59 Å². The van der Waals surface area contributed by atoms with Gasteiger partial charge in [-0.1, -0.05) is 24.8 Å². The van der Waals surface area contributed by atoms with Crippen molar-refractivity contribution >= 4 is 18.1 Å². The van der Waals surface area contributed by atoms with Crippen LogP contribution in [0.25, 0.3) is 6.08 Å². The van der Waals surface area contributed by atoms with Gasteiger partial charge in [-0.2, -0.15) is 0 Å². The normalized spacial score (nSPS) is 17.4. The number of amides is 2. The van der Waals surface area contributed by atoms with Crippen LogP contribution < -0.4 is 0 Å². The Morgan fingerprint density at radius 1 is 1.41 bits per heavy atom. The van der Waals surface area contributed by atoms with Gasteiger partial charge in [0, 0.05) is 12.7 Å². The number of imide groups is 1. The summed E-state index contributed by atoms with van der Waals surface area (Å²) in [4.78, 5) is 26.1. The highest BCUT2D eigenvalue weighted by molar-refractivity contribution is 6.07. The number of hydrogen-bond donors (Lipinski definition) is 0. The third-order valence-corrected chi connectivity index (χ3v) is 3.35. The molecule has 0 N–H and O–H groups in total. The van der Waals surface area contributed by atoms with E-state index in [2.05, 4.69) is 6.58 Å². The minimum Gasteiger partial charge on any atom is -0.443 e. The molecule has 0 radical (unpaired) electrons. The van der Waals surface area contributed by atoms with Crippen LogP contribution in [0.2, 0.25) is 0 Å². The van der Waals surface area contributed by atoms with E-state index < -0.39 is 17.7 Å². The first-order valence-electron chi connectivity index (χ1n) is 7.10. The highest BCUT2D eigenvalue weighted by atomic mass is 16.6. The molecule has 0 saturated heterocycles. The van der Waals surface area contributed by atoms with Crippen LogP contribution in [-0.2, 0) is 9.47 Å². The lowest BCUT2D eigenvalue weighted by atomic mass is 10.0. The third kappa shape index (κ3) is 3.04. The smallest absolute Gasteiger partial charge is 0.417 e. The number of ether oxygens (including phenoxy) is 2. The molecule has 118 valence electrons. The lowest BCUT2D eigenvalue weighted by molar-refractivity contribution is 0.0112. The number of methoxy groups -OCH3 is 1. The van der Waals surface area contributed by atoms with E-state index >= 15 is 0 Å². The van der Waals surface area contributed by atoms with E-state index in [4.69, 9.17) is 9.47 Å². The molecule has 0 fully saturated rings. The van der Waals surface area contributed by atoms with Crippen LogP contribution in [0.3, 0.4) is 0 Å². The zero-order chi connectivity index (χ0) is 16.5. The van der Waals surface area contributed by atoms with Crippen LogP contribution in [0.5, 0.6) is 0 Å². The molecule has 1 atom stereocenters. The van der Waals surface area contributed by atoms with Crippen molar-refractivity contribution in [1.29, 1.82) is 0 Å². The molecule has 0 aromatic heterocycles. The van der Waals surface area contributed by atoms with Gasteiger partial charge in [0.05, 0.1) is 12.6 Å². The Morgan fingerprint density at radius 3 is 2.64 bits per heavy atom. The average Bonchev–Trinajstić information content (AvgIpc) is 2.70. The van der Waals surface area contributed by atoms with Crippen molar-refractivity contribution in [1.82, 2.24) is 4.90 Å². The molecule has 5 heteroatoms. The lowest BCUT2D eigenvalue weighted by Gasteiger charge is -2.27. The summed E-state index contributed by atoms with van der Waals surface area (Å²) in [5.74, 6) is -0.366. The Morgan fingerprint density at radius 2 is 2.09 bits per heavy atom. The number of carbonyl (C=O) groups is 2. The van der Waals surface area contributed by atoms with Crippen molar-refractivity contribution in [2.24, 2.45) is 0 Å². The monoisotopic (exact) mass is 303 g/mol. The van der Waals surface area contributed by atoms with Gasteiger partial charge in [-0.25, -0.2) is 9.69 Å². The number of rotatable bonds is 3. The second-order valence-electron chi connectivity index (χ2n) is 6.18. The minimum absolute atomic E-state index is 0.228. The van der Waals surface area contributed by atoms with Crippen LogP contribution in [-0.4, -0.2) is 36.2 Å². The fourth-order valence-electron chi connectivity index (χ4n) is 2.43. The molecule has 2 rings (SSSR count). The molecule has 5 nitrogen and oxygen atoms in total. The van der Waals surface area contributed by atoms with Gasteiger partial charge in [0.2, 0.25) is 0 Å². The molecule has 2 amide bonds. The summed E-state index contributed by atoms with van der Waals surface area (Å²) in [5.41, 5.74) is 1.42. The first-order valence-corrected chi connectivity index (χ1v) is 7.10. The maximum atomic E-state index is 12.6. The number of benzene rings is 1. The summed E-state index contributed by atoms with van der Waals surface area (Å²) < 4.78 is 10.5. The lowest BCUT2D eigenvalue weighted by Crippen LogP contribution is -2.40. The van der Waals surface area contributed by atoms with Gasteiger partial charge in [0.1, 0.15) is 5.60 Å². The summed E-state index contributed by atoms with van der Waals surface area (Å²) in [6, 6.07) is 4.96. The number of carbonyl (C=O) groups excluding carboxylic acids is 2. The Balaban J connectivity index is 2.41. The maximum absolute atomic E-state index is 12.6. The van der Waals surface area contributed by atoms with Crippen molar-refractivity contribution in [2.75, 3.05) is 13.7 Å². The van der Waals surface area contributed by atoms with Crippen LogP contribution in [0.4, 0.5) is 4.79 Å². The van der Waals surface area contributed by atoms with Crippen LogP contribution in [0.1, 0.15) is 48.3 Å². The van der Waals surface area contributed by atoms with Crippen LogP contribution in [0.15, 0.2) is 24.8 Å². The molecule has 1 heterocycles. The summed E-state index contributed by atoms with van der Waals surface area (Å²) in [6.45, 7) is 9.22. The van der Waals surface area contributed by atoms with Gasteiger partial charge < -0.3 is 9.47 Å². The van der Waals surface area contributed by atoms with Gasteiger partial charge in [0.15, 0.2) is 0 Å². The summed E-state index contributed by atoms with van der Waals surface area (Å²) in [5, 5.41) is 0. The Kier molecular flexibility index (Phi) is 4.37. The standard InChI is InChI=1S/C17H21NO4/c1-6-11-7-8-12-13(9-11)15(19)18(14(12)10-21-5)16(20)22-17(2,3)4/h6-9,14H,1,10H2,2-5H3. The van der Waals surface area contributed by atoms with Gasteiger partial charge >= 0.3 is 6.09 Å². The maximum Gasteiger partial charge on any atom is 0.417 e. The summed E-state index contributed by atoms with van der Waals surface area (Å²) in [7, 11) is 1.54. The zero-order valence-corrected chi connectivity index (χ0v) is 13.4. The Bertz CT molecular complexity index is 616. The Hall–Kier alpha value is -2.14. The Labute approximate surface area is 130 Å². The van der Waals surface area contributed by atoms with Crippen molar-refractivity contribution in [3.8, 4) is 0 Å². The molecule has 22 heavy (non-hydrogen) atoms. The predicted octanol–water partition coefficient (Wildman–Crippen LogP) is 3.41. The second-order valence-corrected chi connectivity index (χ2v) is 6.18. The molecular weight excluding hydrogens is 282 g/mol. The van der Waals surface area contributed by atoms with E-state index in [1.165, 1.54) is 7.11 Å². The first-order chi connectivity index (χ1) is 10.3. The first kappa shape index (κ1) is 16.2. The van der Waals surface area contributed by atoms with Gasteiger partial charge in [0.25, 0.3) is 5.91 Å². The fraction of sp³-hybridized carbons (Fsp3) is 0.412. The van der Waals surface area contributed by atoms with Crippen molar-refractivity contribution < 1.29 is 19.1 Å². The van der Waals surface area contributed by atoms with Crippen LogP contribution >= 0.6 is 0 Å². The fourth-order valence-corrected chi connectivity index (χ4v) is 2.43. The van der Waals surface area contributed by atoms with Crippen molar-refractivity contribution in [3.63, 3.8) is 0 Å². The van der Waals surface area contributed by atoms with Crippen molar-refractivity contribution in [3.05, 3.63) is 41.5 Å². The summed E-state index contributed by atoms with van der Waals surface area (Å²) >= 11 is 0. The third-order valence-electron chi connectivity index (χ3n) is 3.35. The highest BCUT2D eigenvalue weighted by Gasteiger charge is 2.42. The predicted molar refractivity (Wildman–Crippen MR) is 83.6 cm³/mol. The topological polar surface area (TPSA) is 55.8 Å². The average molecular weight is 303 g/mol. The molecular formula is C17H21NO4. The zero-order valence-electron chi connectivity index (χ0n) is 13.4. The molecule has 1 aliphatic heterocycles. The number of nitrogens with zero attached hydrogens (tertiary/aromatic N) is 1. The van der Waals surface area contributed by atoms with Gasteiger partial charge in [-0.15, -0.1) is 0 Å². The molecule has 1 aromatic carbocycles. The molecule has 0 aliphatic carbocycles. The largest absolute Gasteiger partial charge is 0.443 e. The van der Waals surface area contributed by atoms with Crippen LogP contribution in [0, 0.1) is 0 Å². The molecule has 1 aliphatic rings. The number of hydrogen-bond acceptors (Lipinski definition) is 4.